The van der Waals surface area contributed by atoms with E-state index in [9.17, 15) is 0 Å². The number of hydrogen-bond acceptors (Lipinski definition) is 0. The lowest BCUT2D eigenvalue weighted by atomic mass is 9.86. The Morgan fingerprint density at radius 3 is 1.82 bits per heavy atom. The van der Waals surface area contributed by atoms with Crippen LogP contribution in [0.25, 0.3) is 0 Å². The molecule has 0 rings (SSSR count). The van der Waals surface area contributed by atoms with Gasteiger partial charge < -0.3 is 0 Å². The van der Waals surface area contributed by atoms with Crippen LogP contribution in [0.4, 0.5) is 0 Å². The Kier molecular flexibility index (Phi) is 7.46. The van der Waals surface area contributed by atoms with Crippen molar-refractivity contribution in [3.63, 3.8) is 0 Å². The Morgan fingerprint density at radius 1 is 1.00 bits per heavy atom. The van der Waals surface area contributed by atoms with E-state index in [0.29, 0.717) is 0 Å². The minimum atomic E-state index is 0.912. The summed E-state index contributed by atoms with van der Waals surface area (Å²) in [7, 11) is 0. The summed E-state index contributed by atoms with van der Waals surface area (Å²) in [4.78, 5) is 0. The molecule has 0 saturated heterocycles. The Balaban J connectivity index is 3.76. The molecule has 0 saturated carbocycles. The van der Waals surface area contributed by atoms with Gasteiger partial charge in [-0.2, -0.15) is 0 Å². The summed E-state index contributed by atoms with van der Waals surface area (Å²) in [5.74, 6) is 1.85. The zero-order valence-corrected chi connectivity index (χ0v) is 9.65. The second kappa shape index (κ2) is 7.15. The van der Waals surface area contributed by atoms with Crippen molar-refractivity contribution in [3.8, 4) is 0 Å². The largest absolute Gasteiger partial charge is 0.0925 e. The van der Waals surface area contributed by atoms with Gasteiger partial charge in [0.1, 0.15) is 0 Å². The second-order valence-electron chi connectivity index (χ2n) is 3.28. The van der Waals surface area contributed by atoms with Gasteiger partial charge in [0.15, 0.2) is 0 Å². The van der Waals surface area contributed by atoms with Gasteiger partial charge in [-0.1, -0.05) is 56.0 Å². The van der Waals surface area contributed by atoms with Crippen LogP contribution in [0.3, 0.4) is 0 Å². The van der Waals surface area contributed by atoms with Gasteiger partial charge in [-0.05, 0) is 18.3 Å². The summed E-state index contributed by atoms with van der Waals surface area (Å²) in [6.07, 6.45) is 5.39. The molecule has 11 heavy (non-hydrogen) atoms. The average Bonchev–Trinajstić information content (AvgIpc) is 2.05. The van der Waals surface area contributed by atoms with Crippen molar-refractivity contribution in [2.24, 2.45) is 11.8 Å². The van der Waals surface area contributed by atoms with Crippen LogP contribution in [0, 0.1) is 11.8 Å². The average molecular weight is 221 g/mol. The molecule has 68 valence electrons. The fraction of sp³-hybridized carbons (Fsp3) is 1.00. The van der Waals surface area contributed by atoms with Crippen molar-refractivity contribution in [2.45, 2.75) is 46.5 Å². The predicted molar refractivity (Wildman–Crippen MR) is 56.3 cm³/mol. The van der Waals surface area contributed by atoms with Crippen molar-refractivity contribution in [1.29, 1.82) is 0 Å². The van der Waals surface area contributed by atoms with Crippen LogP contribution < -0.4 is 0 Å². The number of hydrogen-bond donors (Lipinski definition) is 0. The lowest BCUT2D eigenvalue weighted by Gasteiger charge is -2.22. The third kappa shape index (κ3) is 4.15. The summed E-state index contributed by atoms with van der Waals surface area (Å²) in [5, 5.41) is 1.19. The first-order valence-electron chi connectivity index (χ1n) is 4.85. The Hall–Kier alpha value is 0.480. The SMILES string of the molecule is CCCC(CBr)C(CC)CC. The molecule has 0 spiro atoms. The van der Waals surface area contributed by atoms with E-state index in [4.69, 9.17) is 0 Å². The molecule has 1 unspecified atom stereocenters. The summed E-state index contributed by atoms with van der Waals surface area (Å²) in [6.45, 7) is 6.89. The van der Waals surface area contributed by atoms with Gasteiger partial charge in [-0.25, -0.2) is 0 Å². The maximum absolute atomic E-state index is 3.60. The third-order valence-electron chi connectivity index (χ3n) is 2.57. The van der Waals surface area contributed by atoms with Crippen LogP contribution >= 0.6 is 15.9 Å². The topological polar surface area (TPSA) is 0 Å². The molecule has 0 aliphatic carbocycles. The lowest BCUT2D eigenvalue weighted by molar-refractivity contribution is 0.324. The standard InChI is InChI=1S/C10H21Br/c1-4-7-10(8-11)9(5-2)6-3/h9-10H,4-8H2,1-3H3. The summed E-state index contributed by atoms with van der Waals surface area (Å²) < 4.78 is 0. The molecule has 0 nitrogen and oxygen atoms in total. The van der Waals surface area contributed by atoms with Gasteiger partial charge in [-0.3, -0.25) is 0 Å². The van der Waals surface area contributed by atoms with Crippen LogP contribution in [0.15, 0.2) is 0 Å². The molecular weight excluding hydrogens is 200 g/mol. The molecule has 0 aromatic rings. The summed E-state index contributed by atoms with van der Waals surface area (Å²) >= 11 is 3.60. The molecule has 0 heterocycles. The maximum Gasteiger partial charge on any atom is 0.00623 e. The molecular formula is C10H21Br. The molecule has 0 aromatic heterocycles. The van der Waals surface area contributed by atoms with Crippen LogP contribution in [-0.2, 0) is 0 Å². The monoisotopic (exact) mass is 220 g/mol. The first kappa shape index (κ1) is 11.5. The molecule has 0 N–H and O–H groups in total. The quantitative estimate of drug-likeness (QED) is 0.588. The zero-order valence-electron chi connectivity index (χ0n) is 8.07. The predicted octanol–water partition coefficient (Wildman–Crippen LogP) is 4.23. The molecule has 0 aliphatic heterocycles. The smallest absolute Gasteiger partial charge is 0.00623 e. The van der Waals surface area contributed by atoms with E-state index in [1.54, 1.807) is 0 Å². The van der Waals surface area contributed by atoms with Crippen LogP contribution in [-0.4, -0.2) is 5.33 Å². The van der Waals surface area contributed by atoms with E-state index in [1.165, 1.54) is 31.0 Å². The second-order valence-corrected chi connectivity index (χ2v) is 3.93. The van der Waals surface area contributed by atoms with E-state index in [0.717, 1.165) is 11.8 Å². The molecule has 0 amide bonds. The molecule has 0 radical (unpaired) electrons. The fourth-order valence-electron chi connectivity index (χ4n) is 1.76. The van der Waals surface area contributed by atoms with Gasteiger partial charge in [0.25, 0.3) is 0 Å². The Morgan fingerprint density at radius 2 is 1.55 bits per heavy atom. The van der Waals surface area contributed by atoms with Gasteiger partial charge in [0.2, 0.25) is 0 Å². The molecule has 0 aliphatic rings. The van der Waals surface area contributed by atoms with E-state index in [-0.39, 0.29) is 0 Å². The van der Waals surface area contributed by atoms with Gasteiger partial charge in [-0.15, -0.1) is 0 Å². The first-order chi connectivity index (χ1) is 5.29. The zero-order chi connectivity index (χ0) is 8.69. The fourth-order valence-corrected chi connectivity index (χ4v) is 2.62. The van der Waals surface area contributed by atoms with Crippen LogP contribution in [0.1, 0.15) is 46.5 Å². The highest BCUT2D eigenvalue weighted by atomic mass is 79.9. The molecule has 1 heteroatoms. The van der Waals surface area contributed by atoms with Crippen molar-refractivity contribution in [3.05, 3.63) is 0 Å². The van der Waals surface area contributed by atoms with Crippen molar-refractivity contribution in [2.75, 3.05) is 5.33 Å². The Bertz CT molecular complexity index is 76.9. The number of halogens is 1. The van der Waals surface area contributed by atoms with Crippen molar-refractivity contribution < 1.29 is 0 Å². The van der Waals surface area contributed by atoms with Crippen molar-refractivity contribution >= 4 is 15.9 Å². The van der Waals surface area contributed by atoms with E-state index in [2.05, 4.69) is 36.7 Å². The highest BCUT2D eigenvalue weighted by molar-refractivity contribution is 9.09. The number of alkyl halides is 1. The summed E-state index contributed by atoms with van der Waals surface area (Å²) in [5.41, 5.74) is 0. The van der Waals surface area contributed by atoms with E-state index in [1.807, 2.05) is 0 Å². The highest BCUT2D eigenvalue weighted by Crippen LogP contribution is 2.25. The minimum Gasteiger partial charge on any atom is -0.0925 e. The van der Waals surface area contributed by atoms with E-state index < -0.39 is 0 Å². The summed E-state index contributed by atoms with van der Waals surface area (Å²) in [6, 6.07) is 0. The minimum absolute atomic E-state index is 0.912. The van der Waals surface area contributed by atoms with E-state index >= 15 is 0 Å². The van der Waals surface area contributed by atoms with Gasteiger partial charge in [0.05, 0.1) is 0 Å². The Labute approximate surface area is 79.9 Å². The lowest BCUT2D eigenvalue weighted by Crippen LogP contribution is -2.14. The molecule has 0 fully saturated rings. The molecule has 0 bridgehead atoms. The molecule has 1 atom stereocenters. The maximum atomic E-state index is 3.60. The first-order valence-corrected chi connectivity index (χ1v) is 5.98. The van der Waals surface area contributed by atoms with Crippen molar-refractivity contribution in [1.82, 2.24) is 0 Å². The third-order valence-corrected chi connectivity index (χ3v) is 3.40. The van der Waals surface area contributed by atoms with Gasteiger partial charge >= 0.3 is 0 Å². The normalized spacial score (nSPS) is 13.9. The number of rotatable bonds is 6. The van der Waals surface area contributed by atoms with Gasteiger partial charge in [0, 0.05) is 5.33 Å². The highest BCUT2D eigenvalue weighted by Gasteiger charge is 2.15. The van der Waals surface area contributed by atoms with Crippen LogP contribution in [0.5, 0.6) is 0 Å². The van der Waals surface area contributed by atoms with Crippen LogP contribution in [0.2, 0.25) is 0 Å². The molecule has 0 aromatic carbocycles.